The number of fused-ring (bicyclic) bond motifs is 1. The number of benzene rings is 3. The quantitative estimate of drug-likeness (QED) is 0.547. The second-order valence-corrected chi connectivity index (χ2v) is 8.81. The molecule has 1 atom stereocenters. The molecule has 182 valence electrons. The highest BCUT2D eigenvalue weighted by atomic mass is 19.1. The molecule has 0 bridgehead atoms. The zero-order valence-electron chi connectivity index (χ0n) is 19.7. The van der Waals surface area contributed by atoms with Gasteiger partial charge < -0.3 is 25.0 Å². The fourth-order valence-electron chi connectivity index (χ4n) is 4.65. The topological polar surface area (TPSA) is 66.1 Å². The minimum absolute atomic E-state index is 0.0736. The standard InChI is InChI=1S/C27H29FN4O3/c1-19-5-4-6-21(15-19)30-27(33)29-17-24(20-9-10-25-26(16-20)35-18-34-25)32-13-11-31(12-14-32)23-8-3-2-7-22(23)28/h2-10,15-16,24H,11-14,17-18H2,1H3,(H2,29,30,33)/t24-/m0/s1. The lowest BCUT2D eigenvalue weighted by atomic mass is 10.0. The average molecular weight is 477 g/mol. The molecule has 2 aliphatic heterocycles. The molecule has 7 nitrogen and oxygen atoms in total. The second-order valence-electron chi connectivity index (χ2n) is 8.81. The number of nitrogens with zero attached hydrogens (tertiary/aromatic N) is 2. The summed E-state index contributed by atoms with van der Waals surface area (Å²) in [5, 5.41) is 5.93. The van der Waals surface area contributed by atoms with Crippen LogP contribution in [0.5, 0.6) is 11.5 Å². The van der Waals surface area contributed by atoms with Crippen LogP contribution in [-0.2, 0) is 0 Å². The first-order valence-corrected chi connectivity index (χ1v) is 11.8. The van der Waals surface area contributed by atoms with E-state index in [0.29, 0.717) is 31.1 Å². The summed E-state index contributed by atoms with van der Waals surface area (Å²) in [5.74, 6) is 1.23. The molecule has 2 heterocycles. The molecule has 5 rings (SSSR count). The molecule has 1 fully saturated rings. The summed E-state index contributed by atoms with van der Waals surface area (Å²) in [6, 6.07) is 20.1. The van der Waals surface area contributed by atoms with Gasteiger partial charge in [0.05, 0.1) is 11.7 Å². The Morgan fingerprint density at radius 1 is 0.971 bits per heavy atom. The number of rotatable bonds is 6. The van der Waals surface area contributed by atoms with Gasteiger partial charge in [0.25, 0.3) is 0 Å². The summed E-state index contributed by atoms with van der Waals surface area (Å²) >= 11 is 0. The van der Waals surface area contributed by atoms with Crippen LogP contribution in [-0.4, -0.2) is 50.4 Å². The van der Waals surface area contributed by atoms with E-state index in [1.54, 1.807) is 6.07 Å². The maximum Gasteiger partial charge on any atom is 0.319 e. The number of nitrogens with one attached hydrogen (secondary N) is 2. The van der Waals surface area contributed by atoms with Gasteiger partial charge in [0.15, 0.2) is 11.5 Å². The Bertz CT molecular complexity index is 1200. The van der Waals surface area contributed by atoms with Crippen LogP contribution in [0, 0.1) is 12.7 Å². The predicted octanol–water partition coefficient (Wildman–Crippen LogP) is 4.55. The number of ether oxygens (including phenoxy) is 2. The average Bonchev–Trinajstić information content (AvgIpc) is 3.33. The zero-order chi connectivity index (χ0) is 24.2. The monoisotopic (exact) mass is 476 g/mol. The van der Waals surface area contributed by atoms with E-state index in [1.165, 1.54) is 6.07 Å². The number of para-hydroxylation sites is 1. The Labute approximate surface area is 204 Å². The molecular weight excluding hydrogens is 447 g/mol. The fourth-order valence-corrected chi connectivity index (χ4v) is 4.65. The van der Waals surface area contributed by atoms with E-state index < -0.39 is 0 Å². The molecule has 2 N–H and O–H groups in total. The highest BCUT2D eigenvalue weighted by Crippen LogP contribution is 2.36. The molecule has 3 aromatic carbocycles. The molecule has 0 spiro atoms. The molecule has 8 heteroatoms. The molecule has 1 saturated heterocycles. The molecule has 0 radical (unpaired) electrons. The van der Waals surface area contributed by atoms with Gasteiger partial charge in [-0.15, -0.1) is 0 Å². The molecule has 2 amide bonds. The van der Waals surface area contributed by atoms with Crippen LogP contribution in [0.2, 0.25) is 0 Å². The van der Waals surface area contributed by atoms with E-state index in [4.69, 9.17) is 9.47 Å². The summed E-state index contributed by atoms with van der Waals surface area (Å²) in [5.41, 5.74) is 3.49. The number of carbonyl (C=O) groups excluding carboxylic acids is 1. The van der Waals surface area contributed by atoms with Gasteiger partial charge in [-0.25, -0.2) is 9.18 Å². The van der Waals surface area contributed by atoms with Crippen molar-refractivity contribution in [1.29, 1.82) is 0 Å². The third-order valence-electron chi connectivity index (χ3n) is 6.46. The van der Waals surface area contributed by atoms with Crippen LogP contribution in [0.15, 0.2) is 66.7 Å². The summed E-state index contributed by atoms with van der Waals surface area (Å²) in [6.45, 7) is 5.46. The number of hydrogen-bond acceptors (Lipinski definition) is 5. The van der Waals surface area contributed by atoms with E-state index >= 15 is 0 Å². The molecule has 0 aliphatic carbocycles. The zero-order valence-corrected chi connectivity index (χ0v) is 19.7. The Balaban J connectivity index is 1.29. The molecular formula is C27H29FN4O3. The van der Waals surface area contributed by atoms with Crippen LogP contribution in [0.3, 0.4) is 0 Å². The third kappa shape index (κ3) is 5.33. The first-order valence-electron chi connectivity index (χ1n) is 11.8. The van der Waals surface area contributed by atoms with E-state index in [2.05, 4.69) is 20.4 Å². The molecule has 0 saturated carbocycles. The highest BCUT2D eigenvalue weighted by Gasteiger charge is 2.28. The number of amides is 2. The van der Waals surface area contributed by atoms with Gasteiger partial charge >= 0.3 is 6.03 Å². The van der Waals surface area contributed by atoms with E-state index in [9.17, 15) is 9.18 Å². The van der Waals surface area contributed by atoms with Crippen LogP contribution >= 0.6 is 0 Å². The van der Waals surface area contributed by atoms with Crippen LogP contribution in [0.25, 0.3) is 0 Å². The Hall–Kier alpha value is -3.78. The predicted molar refractivity (Wildman–Crippen MR) is 134 cm³/mol. The van der Waals surface area contributed by atoms with Crippen molar-refractivity contribution < 1.29 is 18.7 Å². The van der Waals surface area contributed by atoms with Crippen molar-refractivity contribution in [3.05, 3.63) is 83.7 Å². The van der Waals surface area contributed by atoms with Crippen molar-refractivity contribution in [3.8, 4) is 11.5 Å². The van der Waals surface area contributed by atoms with Gasteiger partial charge in [0.2, 0.25) is 6.79 Å². The van der Waals surface area contributed by atoms with Crippen molar-refractivity contribution in [2.45, 2.75) is 13.0 Å². The maximum atomic E-state index is 14.3. The largest absolute Gasteiger partial charge is 0.454 e. The number of piperazine rings is 1. The molecule has 3 aromatic rings. The normalized spacial score (nSPS) is 16.1. The van der Waals surface area contributed by atoms with Crippen molar-refractivity contribution in [2.24, 2.45) is 0 Å². The van der Waals surface area contributed by atoms with Gasteiger partial charge in [-0.3, -0.25) is 4.90 Å². The Kier molecular flexibility index (Phi) is 6.72. The van der Waals surface area contributed by atoms with Crippen molar-refractivity contribution >= 4 is 17.4 Å². The SMILES string of the molecule is Cc1cccc(NC(=O)NC[C@@H](c2ccc3c(c2)OCO3)N2CCN(c3ccccc3F)CC2)c1. The minimum atomic E-state index is -0.258. The summed E-state index contributed by atoms with van der Waals surface area (Å²) in [4.78, 5) is 17.1. The lowest BCUT2D eigenvalue weighted by molar-refractivity contribution is 0.173. The third-order valence-corrected chi connectivity index (χ3v) is 6.46. The first kappa shape index (κ1) is 23.0. The van der Waals surface area contributed by atoms with Crippen molar-refractivity contribution in [1.82, 2.24) is 10.2 Å². The lowest BCUT2D eigenvalue weighted by Gasteiger charge is -2.40. The van der Waals surface area contributed by atoms with Crippen LogP contribution in [0.4, 0.5) is 20.6 Å². The van der Waals surface area contributed by atoms with E-state index in [1.807, 2.05) is 61.5 Å². The van der Waals surface area contributed by atoms with Gasteiger partial charge in [0, 0.05) is 38.4 Å². The molecule has 0 aromatic heterocycles. The molecule has 35 heavy (non-hydrogen) atoms. The van der Waals surface area contributed by atoms with E-state index in [0.717, 1.165) is 35.7 Å². The van der Waals surface area contributed by atoms with Gasteiger partial charge in [-0.1, -0.05) is 30.3 Å². The maximum absolute atomic E-state index is 14.3. The number of urea groups is 1. The highest BCUT2D eigenvalue weighted by molar-refractivity contribution is 5.89. The molecule has 2 aliphatic rings. The van der Waals surface area contributed by atoms with E-state index in [-0.39, 0.29) is 24.7 Å². The van der Waals surface area contributed by atoms with Crippen LogP contribution < -0.4 is 25.0 Å². The van der Waals surface area contributed by atoms with Crippen LogP contribution in [0.1, 0.15) is 17.2 Å². The first-order chi connectivity index (χ1) is 17.1. The number of aryl methyl sites for hydroxylation is 1. The van der Waals surface area contributed by atoms with Gasteiger partial charge in [-0.05, 0) is 54.4 Å². The lowest BCUT2D eigenvalue weighted by Crippen LogP contribution is -2.50. The molecule has 0 unspecified atom stereocenters. The number of halogens is 1. The summed E-state index contributed by atoms with van der Waals surface area (Å²) < 4.78 is 25.4. The number of anilines is 2. The summed E-state index contributed by atoms with van der Waals surface area (Å²) in [6.07, 6.45) is 0. The fraction of sp³-hybridized carbons (Fsp3) is 0.296. The van der Waals surface area contributed by atoms with Gasteiger partial charge in [-0.2, -0.15) is 0 Å². The minimum Gasteiger partial charge on any atom is -0.454 e. The smallest absolute Gasteiger partial charge is 0.319 e. The Morgan fingerprint density at radius 3 is 2.57 bits per heavy atom. The Morgan fingerprint density at radius 2 is 1.77 bits per heavy atom. The van der Waals surface area contributed by atoms with Gasteiger partial charge in [0.1, 0.15) is 5.82 Å². The van der Waals surface area contributed by atoms with Crippen molar-refractivity contribution in [2.75, 3.05) is 49.7 Å². The number of carbonyl (C=O) groups is 1. The summed E-state index contributed by atoms with van der Waals surface area (Å²) in [7, 11) is 0. The second kappa shape index (κ2) is 10.2. The number of hydrogen-bond donors (Lipinski definition) is 2. The van der Waals surface area contributed by atoms with Crippen molar-refractivity contribution in [3.63, 3.8) is 0 Å².